The van der Waals surface area contributed by atoms with E-state index in [1.165, 1.54) is 0 Å². The molecule has 0 radical (unpaired) electrons. The minimum absolute atomic E-state index is 0.232. The summed E-state index contributed by atoms with van der Waals surface area (Å²) in [4.78, 5) is 10.8. The van der Waals surface area contributed by atoms with Crippen LogP contribution in [0.25, 0.3) is 0 Å². The van der Waals surface area contributed by atoms with Crippen LogP contribution in [0.2, 0.25) is 0 Å². The highest BCUT2D eigenvalue weighted by molar-refractivity contribution is 8.32. The Kier molecular flexibility index (Phi) is 7.19. The molecule has 0 aliphatic heterocycles. The zero-order valence-corrected chi connectivity index (χ0v) is 8.80. The maximum atomic E-state index is 10.8. The van der Waals surface area contributed by atoms with Crippen LogP contribution in [0.3, 0.4) is 0 Å². The molecule has 0 heterocycles. The molecular formula is C7H12O3S2. The van der Waals surface area contributed by atoms with E-state index in [1.807, 2.05) is 6.92 Å². The van der Waals surface area contributed by atoms with Crippen LogP contribution in [0.4, 0.5) is 4.79 Å². The predicted octanol–water partition coefficient (Wildman–Crippen LogP) is 2.59. The fourth-order valence-electron chi connectivity index (χ4n) is 0.430. The Labute approximate surface area is 81.8 Å². The van der Waals surface area contributed by atoms with Gasteiger partial charge < -0.3 is 9.47 Å². The lowest BCUT2D eigenvalue weighted by Gasteiger charge is -2.03. The smallest absolute Gasteiger partial charge is 0.375 e. The average molecular weight is 208 g/mol. The van der Waals surface area contributed by atoms with Crippen LogP contribution < -0.4 is 0 Å². The number of ether oxygens (including phenoxy) is 2. The summed E-state index contributed by atoms with van der Waals surface area (Å²) in [5.41, 5.74) is 0. The van der Waals surface area contributed by atoms with E-state index in [0.717, 1.165) is 18.2 Å². The zero-order chi connectivity index (χ0) is 9.40. The van der Waals surface area contributed by atoms with Gasteiger partial charge in [-0.05, 0) is 25.6 Å². The van der Waals surface area contributed by atoms with Crippen LogP contribution in [0, 0.1) is 0 Å². The summed E-state index contributed by atoms with van der Waals surface area (Å²) in [6.45, 7) is 4.62. The highest BCUT2D eigenvalue weighted by atomic mass is 32.2. The van der Waals surface area contributed by atoms with E-state index in [-0.39, 0.29) is 4.38 Å². The van der Waals surface area contributed by atoms with Crippen LogP contribution in [0.1, 0.15) is 20.3 Å². The van der Waals surface area contributed by atoms with Gasteiger partial charge in [0, 0.05) is 11.8 Å². The molecule has 0 fully saturated rings. The van der Waals surface area contributed by atoms with Gasteiger partial charge in [-0.25, -0.2) is 4.79 Å². The van der Waals surface area contributed by atoms with Crippen molar-refractivity contribution in [2.75, 3.05) is 13.2 Å². The summed E-state index contributed by atoms with van der Waals surface area (Å²) in [5.74, 6) is 0. The van der Waals surface area contributed by atoms with Gasteiger partial charge in [-0.15, -0.1) is 0 Å². The number of carbonyl (C=O) groups is 1. The van der Waals surface area contributed by atoms with Crippen LogP contribution in [-0.4, -0.2) is 22.9 Å². The van der Waals surface area contributed by atoms with Crippen molar-refractivity contribution < 1.29 is 14.3 Å². The Bertz CT molecular complexity index is 159. The summed E-state index contributed by atoms with van der Waals surface area (Å²) in [6.07, 6.45) is 0.878. The van der Waals surface area contributed by atoms with Crippen molar-refractivity contribution in [1.82, 2.24) is 0 Å². The van der Waals surface area contributed by atoms with Gasteiger partial charge in [-0.2, -0.15) is 0 Å². The maximum absolute atomic E-state index is 10.8. The third kappa shape index (κ3) is 6.42. The zero-order valence-electron chi connectivity index (χ0n) is 7.16. The first kappa shape index (κ1) is 11.7. The van der Waals surface area contributed by atoms with Crippen LogP contribution in [0.5, 0.6) is 0 Å². The monoisotopic (exact) mass is 208 g/mol. The SMILES string of the molecule is CCCOC(=S)SC(=O)OCC. The molecule has 0 aromatic carbocycles. The average Bonchev–Trinajstić information content (AvgIpc) is 2.01. The molecule has 0 rings (SSSR count). The van der Waals surface area contributed by atoms with Gasteiger partial charge in [0.1, 0.15) is 0 Å². The lowest BCUT2D eigenvalue weighted by Crippen LogP contribution is -2.04. The van der Waals surface area contributed by atoms with E-state index in [2.05, 4.69) is 4.74 Å². The van der Waals surface area contributed by atoms with Gasteiger partial charge in [-0.3, -0.25) is 0 Å². The number of hydrogen-bond donors (Lipinski definition) is 0. The molecular weight excluding hydrogens is 196 g/mol. The van der Waals surface area contributed by atoms with E-state index in [1.54, 1.807) is 6.92 Å². The Balaban J connectivity index is 3.47. The molecule has 0 unspecified atom stereocenters. The van der Waals surface area contributed by atoms with Crippen LogP contribution >= 0.6 is 24.0 Å². The van der Waals surface area contributed by atoms with Gasteiger partial charge in [0.05, 0.1) is 13.2 Å². The third-order valence-electron chi connectivity index (χ3n) is 0.853. The molecule has 0 aliphatic carbocycles. The molecule has 0 amide bonds. The second kappa shape index (κ2) is 7.36. The molecule has 0 aromatic rings. The molecule has 70 valence electrons. The first-order valence-electron chi connectivity index (χ1n) is 3.72. The molecule has 0 bridgehead atoms. The van der Waals surface area contributed by atoms with E-state index in [4.69, 9.17) is 17.0 Å². The minimum Gasteiger partial charge on any atom is -0.478 e. The fraction of sp³-hybridized carbons (Fsp3) is 0.714. The third-order valence-corrected chi connectivity index (χ3v) is 1.79. The number of thioether (sulfide) groups is 1. The summed E-state index contributed by atoms with van der Waals surface area (Å²) in [6, 6.07) is 0. The summed E-state index contributed by atoms with van der Waals surface area (Å²) in [5, 5.41) is -0.404. The molecule has 0 N–H and O–H groups in total. The number of rotatable bonds is 3. The van der Waals surface area contributed by atoms with Crippen molar-refractivity contribution in [3.05, 3.63) is 0 Å². The highest BCUT2D eigenvalue weighted by Crippen LogP contribution is 2.09. The van der Waals surface area contributed by atoms with Crippen LogP contribution in [-0.2, 0) is 9.47 Å². The van der Waals surface area contributed by atoms with E-state index in [0.29, 0.717) is 13.2 Å². The number of thiocarbonyl (C=S) groups is 1. The van der Waals surface area contributed by atoms with Crippen molar-refractivity contribution in [2.24, 2.45) is 0 Å². The fourth-order valence-corrected chi connectivity index (χ4v) is 1.17. The second-order valence-electron chi connectivity index (χ2n) is 1.88. The Morgan fingerprint density at radius 2 is 2.08 bits per heavy atom. The molecule has 5 heteroatoms. The Hall–Kier alpha value is -0.290. The van der Waals surface area contributed by atoms with E-state index < -0.39 is 5.30 Å². The van der Waals surface area contributed by atoms with Gasteiger partial charge in [0.2, 0.25) is 4.38 Å². The molecule has 3 nitrogen and oxygen atoms in total. The lowest BCUT2D eigenvalue weighted by atomic mass is 10.5. The summed E-state index contributed by atoms with van der Waals surface area (Å²) < 4.78 is 9.88. The molecule has 0 saturated carbocycles. The Morgan fingerprint density at radius 1 is 1.42 bits per heavy atom. The quantitative estimate of drug-likeness (QED) is 0.526. The van der Waals surface area contributed by atoms with Crippen LogP contribution in [0.15, 0.2) is 0 Å². The minimum atomic E-state index is -0.404. The molecule has 0 atom stereocenters. The van der Waals surface area contributed by atoms with Gasteiger partial charge in [0.25, 0.3) is 0 Å². The predicted molar refractivity (Wildman–Crippen MR) is 53.5 cm³/mol. The van der Waals surface area contributed by atoms with Gasteiger partial charge in [0.15, 0.2) is 0 Å². The maximum Gasteiger partial charge on any atom is 0.375 e. The second-order valence-corrected chi connectivity index (χ2v) is 3.42. The van der Waals surface area contributed by atoms with E-state index >= 15 is 0 Å². The molecule has 12 heavy (non-hydrogen) atoms. The standard InChI is InChI=1S/C7H12O3S2/c1-3-5-10-7(11)12-6(8)9-4-2/h3-5H2,1-2H3. The number of hydrogen-bond acceptors (Lipinski definition) is 5. The lowest BCUT2D eigenvalue weighted by molar-refractivity contribution is 0.181. The topological polar surface area (TPSA) is 35.5 Å². The number of carbonyl (C=O) groups excluding carboxylic acids is 1. The largest absolute Gasteiger partial charge is 0.478 e. The molecule has 0 aromatic heterocycles. The summed E-state index contributed by atoms with van der Waals surface area (Å²) in [7, 11) is 0. The highest BCUT2D eigenvalue weighted by Gasteiger charge is 2.07. The van der Waals surface area contributed by atoms with Crippen molar-refractivity contribution in [2.45, 2.75) is 20.3 Å². The molecule has 0 spiro atoms. The summed E-state index contributed by atoms with van der Waals surface area (Å²) >= 11 is 5.56. The van der Waals surface area contributed by atoms with Gasteiger partial charge >= 0.3 is 5.30 Å². The molecule has 0 aliphatic rings. The van der Waals surface area contributed by atoms with Crippen molar-refractivity contribution >= 4 is 33.7 Å². The van der Waals surface area contributed by atoms with Gasteiger partial charge in [-0.1, -0.05) is 6.92 Å². The Morgan fingerprint density at radius 3 is 2.58 bits per heavy atom. The van der Waals surface area contributed by atoms with Crippen molar-refractivity contribution in [3.8, 4) is 0 Å². The normalized spacial score (nSPS) is 9.17. The van der Waals surface area contributed by atoms with Crippen molar-refractivity contribution in [1.29, 1.82) is 0 Å². The van der Waals surface area contributed by atoms with Crippen molar-refractivity contribution in [3.63, 3.8) is 0 Å². The first-order chi connectivity index (χ1) is 5.70. The first-order valence-corrected chi connectivity index (χ1v) is 4.94. The molecule has 0 saturated heterocycles. The van der Waals surface area contributed by atoms with E-state index in [9.17, 15) is 4.79 Å².